The fourth-order valence-electron chi connectivity index (χ4n) is 1.25. The summed E-state index contributed by atoms with van der Waals surface area (Å²) in [6.07, 6.45) is 4.52. The minimum atomic E-state index is 0. The lowest BCUT2D eigenvalue weighted by Gasteiger charge is -2.09. The molecular weight excluding hydrogens is 190 g/mol. The molecule has 1 aliphatic heterocycles. The third kappa shape index (κ3) is 2.82. The van der Waals surface area contributed by atoms with Crippen LogP contribution in [-0.2, 0) is 0 Å². The first kappa shape index (κ1) is 10.2. The second-order valence-electron chi connectivity index (χ2n) is 2.78. The van der Waals surface area contributed by atoms with E-state index in [0.717, 1.165) is 19.5 Å². The SMILES string of the molecule is Cl.c1cc(OC2CCNC2)ncn1. The van der Waals surface area contributed by atoms with Crippen molar-refractivity contribution in [2.24, 2.45) is 0 Å². The topological polar surface area (TPSA) is 47.0 Å². The van der Waals surface area contributed by atoms with Crippen molar-refractivity contribution in [1.82, 2.24) is 15.3 Å². The normalized spacial score (nSPS) is 20.8. The molecule has 1 fully saturated rings. The van der Waals surface area contributed by atoms with E-state index >= 15 is 0 Å². The Morgan fingerprint density at radius 1 is 1.54 bits per heavy atom. The lowest BCUT2D eigenvalue weighted by molar-refractivity contribution is 0.213. The van der Waals surface area contributed by atoms with Crippen LogP contribution >= 0.6 is 12.4 Å². The first-order valence-electron chi connectivity index (χ1n) is 4.08. The molecule has 0 bridgehead atoms. The fraction of sp³-hybridized carbons (Fsp3) is 0.500. The van der Waals surface area contributed by atoms with Crippen LogP contribution in [0.3, 0.4) is 0 Å². The van der Waals surface area contributed by atoms with Crippen molar-refractivity contribution < 1.29 is 4.74 Å². The Bertz CT molecular complexity index is 238. The molecule has 13 heavy (non-hydrogen) atoms. The maximum atomic E-state index is 5.56. The van der Waals surface area contributed by atoms with Gasteiger partial charge in [0.15, 0.2) is 0 Å². The molecule has 0 radical (unpaired) electrons. The van der Waals surface area contributed by atoms with Gasteiger partial charge in [-0.3, -0.25) is 0 Å². The summed E-state index contributed by atoms with van der Waals surface area (Å²) in [5.41, 5.74) is 0. The van der Waals surface area contributed by atoms with Crippen LogP contribution in [0.1, 0.15) is 6.42 Å². The number of aromatic nitrogens is 2. The highest BCUT2D eigenvalue weighted by atomic mass is 35.5. The zero-order chi connectivity index (χ0) is 8.23. The van der Waals surface area contributed by atoms with Gasteiger partial charge in [-0.25, -0.2) is 9.97 Å². The van der Waals surface area contributed by atoms with E-state index in [4.69, 9.17) is 4.74 Å². The molecule has 4 nitrogen and oxygen atoms in total. The van der Waals surface area contributed by atoms with Gasteiger partial charge in [0.05, 0.1) is 0 Å². The van der Waals surface area contributed by atoms with Crippen LogP contribution in [0.15, 0.2) is 18.6 Å². The van der Waals surface area contributed by atoms with E-state index in [-0.39, 0.29) is 18.5 Å². The minimum Gasteiger partial charge on any atom is -0.473 e. The third-order valence-corrected chi connectivity index (χ3v) is 1.86. The highest BCUT2D eigenvalue weighted by molar-refractivity contribution is 5.85. The monoisotopic (exact) mass is 201 g/mol. The molecule has 1 aromatic rings. The minimum absolute atomic E-state index is 0. The van der Waals surface area contributed by atoms with Gasteiger partial charge in [-0.15, -0.1) is 12.4 Å². The maximum absolute atomic E-state index is 5.56. The number of rotatable bonds is 2. The van der Waals surface area contributed by atoms with Crippen molar-refractivity contribution in [3.05, 3.63) is 18.6 Å². The average molecular weight is 202 g/mol. The molecule has 1 aliphatic rings. The number of hydrogen-bond donors (Lipinski definition) is 1. The van der Waals surface area contributed by atoms with E-state index in [1.807, 2.05) is 0 Å². The Hall–Kier alpha value is -0.870. The summed E-state index contributed by atoms with van der Waals surface area (Å²) >= 11 is 0. The zero-order valence-electron chi connectivity index (χ0n) is 7.14. The lowest BCUT2D eigenvalue weighted by atomic mass is 10.3. The van der Waals surface area contributed by atoms with E-state index in [0.29, 0.717) is 5.88 Å². The van der Waals surface area contributed by atoms with Crippen LogP contribution in [0, 0.1) is 0 Å². The van der Waals surface area contributed by atoms with E-state index in [1.54, 1.807) is 12.3 Å². The first-order chi connectivity index (χ1) is 5.95. The van der Waals surface area contributed by atoms with Crippen LogP contribution in [0.5, 0.6) is 5.88 Å². The Balaban J connectivity index is 0.000000845. The van der Waals surface area contributed by atoms with Gasteiger partial charge in [-0.2, -0.15) is 0 Å². The Morgan fingerprint density at radius 2 is 2.46 bits per heavy atom. The number of ether oxygens (including phenoxy) is 1. The molecule has 0 amide bonds. The van der Waals surface area contributed by atoms with Gasteiger partial charge in [0, 0.05) is 18.8 Å². The predicted octanol–water partition coefficient (Wildman–Crippen LogP) is 0.639. The first-order valence-corrected chi connectivity index (χ1v) is 4.08. The molecule has 2 heterocycles. The third-order valence-electron chi connectivity index (χ3n) is 1.86. The number of halogens is 1. The van der Waals surface area contributed by atoms with Crippen molar-refractivity contribution in [2.75, 3.05) is 13.1 Å². The van der Waals surface area contributed by atoms with E-state index in [9.17, 15) is 0 Å². The second-order valence-corrected chi connectivity index (χ2v) is 2.78. The molecule has 72 valence electrons. The summed E-state index contributed by atoms with van der Waals surface area (Å²) < 4.78 is 5.56. The molecule has 1 N–H and O–H groups in total. The standard InChI is InChI=1S/C8H11N3O.ClH/c1-3-9-5-7(1)12-8-2-4-10-6-11-8;/h2,4,6-7,9H,1,3,5H2;1H. The van der Waals surface area contributed by atoms with Crippen molar-refractivity contribution in [3.63, 3.8) is 0 Å². The summed E-state index contributed by atoms with van der Waals surface area (Å²) in [7, 11) is 0. The van der Waals surface area contributed by atoms with Crippen LogP contribution < -0.4 is 10.1 Å². The molecule has 0 aliphatic carbocycles. The predicted molar refractivity (Wildman–Crippen MR) is 51.2 cm³/mol. The maximum Gasteiger partial charge on any atom is 0.216 e. The Labute approximate surface area is 83.1 Å². The van der Waals surface area contributed by atoms with Crippen molar-refractivity contribution in [1.29, 1.82) is 0 Å². The van der Waals surface area contributed by atoms with Gasteiger partial charge in [-0.05, 0) is 13.0 Å². The molecule has 0 saturated carbocycles. The number of hydrogen-bond acceptors (Lipinski definition) is 4. The van der Waals surface area contributed by atoms with E-state index in [2.05, 4.69) is 15.3 Å². The van der Waals surface area contributed by atoms with E-state index < -0.39 is 0 Å². The van der Waals surface area contributed by atoms with Gasteiger partial charge in [-0.1, -0.05) is 0 Å². The molecule has 2 rings (SSSR count). The van der Waals surface area contributed by atoms with Gasteiger partial charge in [0.1, 0.15) is 12.4 Å². The Morgan fingerprint density at radius 3 is 3.08 bits per heavy atom. The molecule has 1 aromatic heterocycles. The van der Waals surface area contributed by atoms with Gasteiger partial charge in [0.25, 0.3) is 0 Å². The summed E-state index contributed by atoms with van der Waals surface area (Å²) in [6.45, 7) is 1.96. The zero-order valence-corrected chi connectivity index (χ0v) is 7.96. The highest BCUT2D eigenvalue weighted by Gasteiger charge is 2.15. The molecule has 0 aromatic carbocycles. The summed E-state index contributed by atoms with van der Waals surface area (Å²) in [5.74, 6) is 0.665. The Kier molecular flexibility index (Phi) is 3.92. The largest absolute Gasteiger partial charge is 0.473 e. The molecule has 0 spiro atoms. The smallest absolute Gasteiger partial charge is 0.216 e. The molecule has 1 saturated heterocycles. The van der Waals surface area contributed by atoms with Crippen LogP contribution in [0.25, 0.3) is 0 Å². The highest BCUT2D eigenvalue weighted by Crippen LogP contribution is 2.09. The quantitative estimate of drug-likeness (QED) is 0.763. The van der Waals surface area contributed by atoms with Crippen molar-refractivity contribution in [2.45, 2.75) is 12.5 Å². The number of nitrogens with one attached hydrogen (secondary N) is 1. The summed E-state index contributed by atoms with van der Waals surface area (Å²) in [5, 5.41) is 3.22. The van der Waals surface area contributed by atoms with Crippen LogP contribution in [0.2, 0.25) is 0 Å². The molecule has 1 atom stereocenters. The van der Waals surface area contributed by atoms with E-state index in [1.165, 1.54) is 6.33 Å². The second kappa shape index (κ2) is 4.99. The molecule has 1 unspecified atom stereocenters. The van der Waals surface area contributed by atoms with Crippen molar-refractivity contribution in [3.8, 4) is 5.88 Å². The van der Waals surface area contributed by atoms with Gasteiger partial charge in [0.2, 0.25) is 5.88 Å². The van der Waals surface area contributed by atoms with Crippen molar-refractivity contribution >= 4 is 12.4 Å². The molecule has 5 heteroatoms. The fourth-order valence-corrected chi connectivity index (χ4v) is 1.25. The summed E-state index contributed by atoms with van der Waals surface area (Å²) in [4.78, 5) is 7.79. The number of nitrogens with zero attached hydrogens (tertiary/aromatic N) is 2. The van der Waals surface area contributed by atoms with Crippen LogP contribution in [0.4, 0.5) is 0 Å². The van der Waals surface area contributed by atoms with Gasteiger partial charge < -0.3 is 10.1 Å². The lowest BCUT2D eigenvalue weighted by Crippen LogP contribution is -2.19. The van der Waals surface area contributed by atoms with Gasteiger partial charge >= 0.3 is 0 Å². The molecular formula is C8H12ClN3O. The van der Waals surface area contributed by atoms with Crippen LogP contribution in [-0.4, -0.2) is 29.2 Å². The summed E-state index contributed by atoms with van der Waals surface area (Å²) in [6, 6.07) is 1.78. The average Bonchev–Trinajstić information content (AvgIpc) is 2.59.